The maximum atomic E-state index is 14.5. The van der Waals surface area contributed by atoms with E-state index in [4.69, 9.17) is 23.2 Å². The third-order valence-corrected chi connectivity index (χ3v) is 7.03. The Balaban J connectivity index is 2.03. The summed E-state index contributed by atoms with van der Waals surface area (Å²) < 4.78 is 14.5. The van der Waals surface area contributed by atoms with Gasteiger partial charge in [0.2, 0.25) is 11.8 Å². The Morgan fingerprint density at radius 1 is 1.12 bits per heavy atom. The second-order valence-electron chi connectivity index (χ2n) is 10.4. The van der Waals surface area contributed by atoms with E-state index in [1.807, 2.05) is 6.07 Å². The maximum Gasteiger partial charge on any atom is 0.239 e. The minimum Gasteiger partial charge on any atom is -0.347 e. The summed E-state index contributed by atoms with van der Waals surface area (Å²) in [5.41, 5.74) is 0.555. The number of halogens is 3. The van der Waals surface area contributed by atoms with Gasteiger partial charge in [-0.25, -0.2) is 4.39 Å². The minimum absolute atomic E-state index is 0.152. The van der Waals surface area contributed by atoms with E-state index in [2.05, 4.69) is 31.4 Å². The highest BCUT2D eigenvalue weighted by Crippen LogP contribution is 2.57. The van der Waals surface area contributed by atoms with Gasteiger partial charge < -0.3 is 15.5 Å². The molecule has 2 amide bonds. The lowest BCUT2D eigenvalue weighted by atomic mass is 9.62. The van der Waals surface area contributed by atoms with Crippen LogP contribution in [0.15, 0.2) is 36.4 Å². The molecule has 2 aromatic rings. The zero-order valence-electron chi connectivity index (χ0n) is 19.3. The third-order valence-electron chi connectivity index (χ3n) is 6.57. The van der Waals surface area contributed by atoms with Crippen molar-refractivity contribution in [3.8, 4) is 0 Å². The van der Waals surface area contributed by atoms with Crippen LogP contribution in [0, 0.1) is 11.2 Å². The van der Waals surface area contributed by atoms with Gasteiger partial charge in [-0.2, -0.15) is 0 Å². The lowest BCUT2D eigenvalue weighted by molar-refractivity contribution is -0.131. The molecule has 0 aromatic heterocycles. The van der Waals surface area contributed by atoms with Crippen molar-refractivity contribution < 1.29 is 14.0 Å². The Kier molecular flexibility index (Phi) is 6.00. The number of likely N-dealkylation sites (N-methyl/N-ethyl adjacent to an activating group) is 1. The molecular formula is C25H28Cl2FN3O2. The standard InChI is InChI=1S/C25H28Cl2FN3O2/c1-24(2,3)12-19-25(17-7-6-14(26)11-18(17)29-23(25)33)20(21(30-19)22(32)31(4)5)13-8-15(27)10-16(28)9-13/h6-11,19-21,30H,12H2,1-5H3,(H,29,33)/t19-,20+,21-,25+/m1/s1. The first-order valence-corrected chi connectivity index (χ1v) is 11.6. The first-order valence-electron chi connectivity index (χ1n) is 10.9. The van der Waals surface area contributed by atoms with E-state index in [1.54, 1.807) is 32.3 Å². The highest BCUT2D eigenvalue weighted by Gasteiger charge is 2.65. The molecule has 2 aliphatic rings. The molecule has 0 saturated carbocycles. The van der Waals surface area contributed by atoms with Gasteiger partial charge in [0.25, 0.3) is 0 Å². The van der Waals surface area contributed by atoms with Crippen LogP contribution in [0.25, 0.3) is 0 Å². The topological polar surface area (TPSA) is 61.4 Å². The van der Waals surface area contributed by atoms with E-state index >= 15 is 0 Å². The number of hydrogen-bond donors (Lipinski definition) is 2. The molecule has 2 heterocycles. The van der Waals surface area contributed by atoms with Crippen LogP contribution in [0.2, 0.25) is 10.0 Å². The fourth-order valence-corrected chi connectivity index (χ4v) is 5.84. The van der Waals surface area contributed by atoms with Crippen LogP contribution in [0.3, 0.4) is 0 Å². The summed E-state index contributed by atoms with van der Waals surface area (Å²) in [7, 11) is 3.34. The number of benzene rings is 2. The number of fused-ring (bicyclic) bond motifs is 2. The van der Waals surface area contributed by atoms with E-state index in [0.29, 0.717) is 22.7 Å². The normalized spacial score (nSPS) is 26.4. The van der Waals surface area contributed by atoms with E-state index in [-0.39, 0.29) is 28.3 Å². The highest BCUT2D eigenvalue weighted by molar-refractivity contribution is 6.31. The molecule has 4 atom stereocenters. The molecule has 0 unspecified atom stereocenters. The Bertz CT molecular complexity index is 1110. The Morgan fingerprint density at radius 2 is 1.82 bits per heavy atom. The summed E-state index contributed by atoms with van der Waals surface area (Å²) in [4.78, 5) is 28.8. The molecule has 1 fully saturated rings. The van der Waals surface area contributed by atoms with Gasteiger partial charge in [-0.05, 0) is 53.3 Å². The van der Waals surface area contributed by atoms with Crippen molar-refractivity contribution in [1.82, 2.24) is 10.2 Å². The molecular weight excluding hydrogens is 464 g/mol. The predicted molar refractivity (Wildman–Crippen MR) is 129 cm³/mol. The number of rotatable bonds is 3. The highest BCUT2D eigenvalue weighted by atomic mass is 35.5. The van der Waals surface area contributed by atoms with Gasteiger partial charge in [0.1, 0.15) is 11.2 Å². The lowest BCUT2D eigenvalue weighted by Gasteiger charge is -2.37. The Hall–Kier alpha value is -2.15. The molecule has 2 N–H and O–H groups in total. The van der Waals surface area contributed by atoms with E-state index < -0.39 is 23.2 Å². The summed E-state index contributed by atoms with van der Waals surface area (Å²) in [6, 6.07) is 8.40. The fraction of sp³-hybridized carbons (Fsp3) is 0.440. The zero-order valence-corrected chi connectivity index (χ0v) is 20.8. The molecule has 2 aromatic carbocycles. The van der Waals surface area contributed by atoms with Crippen molar-refractivity contribution in [3.63, 3.8) is 0 Å². The summed E-state index contributed by atoms with van der Waals surface area (Å²) >= 11 is 12.5. The third kappa shape index (κ3) is 4.02. The molecule has 4 rings (SSSR count). The summed E-state index contributed by atoms with van der Waals surface area (Å²) in [6.07, 6.45) is 0.610. The van der Waals surface area contributed by atoms with Crippen molar-refractivity contribution in [3.05, 3.63) is 63.4 Å². The molecule has 8 heteroatoms. The van der Waals surface area contributed by atoms with Crippen molar-refractivity contribution in [2.45, 2.75) is 50.6 Å². The van der Waals surface area contributed by atoms with E-state index in [9.17, 15) is 14.0 Å². The summed E-state index contributed by atoms with van der Waals surface area (Å²) in [5.74, 6) is -1.62. The molecule has 176 valence electrons. The maximum absolute atomic E-state index is 14.5. The van der Waals surface area contributed by atoms with Crippen LogP contribution < -0.4 is 10.6 Å². The van der Waals surface area contributed by atoms with Crippen LogP contribution in [-0.2, 0) is 15.0 Å². The first-order chi connectivity index (χ1) is 15.3. The number of nitrogens with one attached hydrogen (secondary N) is 2. The summed E-state index contributed by atoms with van der Waals surface area (Å²) in [6.45, 7) is 6.27. The van der Waals surface area contributed by atoms with Crippen molar-refractivity contribution in [2.75, 3.05) is 19.4 Å². The van der Waals surface area contributed by atoms with Crippen LogP contribution >= 0.6 is 23.2 Å². The fourth-order valence-electron chi connectivity index (χ4n) is 5.44. The van der Waals surface area contributed by atoms with Gasteiger partial charge in [-0.3, -0.25) is 9.59 Å². The van der Waals surface area contributed by atoms with Crippen LogP contribution in [-0.4, -0.2) is 42.9 Å². The van der Waals surface area contributed by atoms with Crippen LogP contribution in [0.1, 0.15) is 44.2 Å². The molecule has 0 bridgehead atoms. The molecule has 5 nitrogen and oxygen atoms in total. The van der Waals surface area contributed by atoms with Crippen molar-refractivity contribution >= 4 is 40.7 Å². The molecule has 33 heavy (non-hydrogen) atoms. The zero-order chi connectivity index (χ0) is 24.3. The minimum atomic E-state index is -1.15. The van der Waals surface area contributed by atoms with Gasteiger partial charge in [-0.15, -0.1) is 0 Å². The van der Waals surface area contributed by atoms with Crippen LogP contribution in [0.4, 0.5) is 10.1 Å². The molecule has 1 saturated heterocycles. The van der Waals surface area contributed by atoms with Gasteiger partial charge in [0, 0.05) is 41.8 Å². The monoisotopic (exact) mass is 491 g/mol. The molecule has 2 aliphatic heterocycles. The number of carbonyl (C=O) groups excluding carboxylic acids is 2. The number of hydrogen-bond acceptors (Lipinski definition) is 3. The largest absolute Gasteiger partial charge is 0.347 e. The van der Waals surface area contributed by atoms with Crippen molar-refractivity contribution in [1.29, 1.82) is 0 Å². The van der Waals surface area contributed by atoms with Crippen LogP contribution in [0.5, 0.6) is 0 Å². The van der Waals surface area contributed by atoms with Gasteiger partial charge in [-0.1, -0.05) is 50.0 Å². The van der Waals surface area contributed by atoms with Crippen molar-refractivity contribution in [2.24, 2.45) is 5.41 Å². The number of anilines is 1. The van der Waals surface area contributed by atoms with E-state index in [0.717, 1.165) is 5.56 Å². The Labute approximate surface area is 203 Å². The molecule has 0 aliphatic carbocycles. The number of carbonyl (C=O) groups is 2. The van der Waals surface area contributed by atoms with E-state index in [1.165, 1.54) is 17.0 Å². The SMILES string of the molecule is CN(C)C(=O)[C@@H]1N[C@H](CC(C)(C)C)[C@]2(C(=O)Nc3cc(Cl)ccc32)[C@H]1c1cc(F)cc(Cl)c1. The smallest absolute Gasteiger partial charge is 0.239 e. The van der Waals surface area contributed by atoms with Gasteiger partial charge in [0.15, 0.2) is 0 Å². The lowest BCUT2D eigenvalue weighted by Crippen LogP contribution is -2.49. The molecule has 1 spiro atoms. The quantitative estimate of drug-likeness (QED) is 0.636. The van der Waals surface area contributed by atoms with Gasteiger partial charge in [0.05, 0.1) is 6.04 Å². The average molecular weight is 492 g/mol. The number of nitrogens with zero attached hydrogens (tertiary/aromatic N) is 1. The second-order valence-corrected chi connectivity index (χ2v) is 11.3. The Morgan fingerprint density at radius 3 is 2.42 bits per heavy atom. The number of amides is 2. The average Bonchev–Trinajstić information content (AvgIpc) is 3.14. The second kappa shape index (κ2) is 8.26. The summed E-state index contributed by atoms with van der Waals surface area (Å²) in [5, 5.41) is 7.18. The molecule has 0 radical (unpaired) electrons. The first kappa shape index (κ1) is 24.0. The predicted octanol–water partition coefficient (Wildman–Crippen LogP) is 4.97. The van der Waals surface area contributed by atoms with Gasteiger partial charge >= 0.3 is 0 Å².